The number of carbonyl (C=O) groups excluding carboxylic acids is 1. The molecule has 19 heavy (non-hydrogen) atoms. The number of hydrogen-bond donors (Lipinski definition) is 2. The molecule has 5 heteroatoms. The standard InChI is InChI=1S/C14H22N2O2S/c1-10(9-14(2,16-3)13(15)17)19-12-8-6-5-7-11(12)18-4/h5-8,10,16H,9H2,1-4H3,(H2,15,17). The number of carbonyl (C=O) groups is 1. The van der Waals surface area contributed by atoms with Crippen molar-refractivity contribution in [1.29, 1.82) is 0 Å². The Bertz CT molecular complexity index is 439. The number of nitrogens with one attached hydrogen (secondary N) is 1. The topological polar surface area (TPSA) is 64.3 Å². The van der Waals surface area contributed by atoms with Gasteiger partial charge in [0.25, 0.3) is 0 Å². The molecule has 0 saturated heterocycles. The van der Waals surface area contributed by atoms with Crippen LogP contribution in [0.15, 0.2) is 29.2 Å². The van der Waals surface area contributed by atoms with Crippen LogP contribution < -0.4 is 15.8 Å². The largest absolute Gasteiger partial charge is 0.496 e. The molecule has 1 aromatic rings. The molecule has 4 nitrogen and oxygen atoms in total. The van der Waals surface area contributed by atoms with Gasteiger partial charge in [-0.25, -0.2) is 0 Å². The number of benzene rings is 1. The molecular formula is C14H22N2O2S. The van der Waals surface area contributed by atoms with E-state index in [2.05, 4.69) is 12.2 Å². The van der Waals surface area contributed by atoms with Crippen molar-refractivity contribution < 1.29 is 9.53 Å². The van der Waals surface area contributed by atoms with Crippen LogP contribution in [-0.2, 0) is 4.79 Å². The Morgan fingerprint density at radius 1 is 1.53 bits per heavy atom. The zero-order chi connectivity index (χ0) is 14.5. The van der Waals surface area contributed by atoms with Crippen molar-refractivity contribution >= 4 is 17.7 Å². The monoisotopic (exact) mass is 282 g/mol. The van der Waals surface area contributed by atoms with E-state index in [1.807, 2.05) is 31.2 Å². The molecule has 3 N–H and O–H groups in total. The van der Waals surface area contributed by atoms with Crippen molar-refractivity contribution in [1.82, 2.24) is 5.32 Å². The number of nitrogens with two attached hydrogens (primary N) is 1. The molecule has 1 aromatic carbocycles. The maximum absolute atomic E-state index is 11.5. The number of likely N-dealkylation sites (N-methyl/N-ethyl adjacent to an activating group) is 1. The number of amides is 1. The zero-order valence-electron chi connectivity index (χ0n) is 11.9. The summed E-state index contributed by atoms with van der Waals surface area (Å²) in [6.45, 7) is 3.91. The third-order valence-electron chi connectivity index (χ3n) is 3.19. The fourth-order valence-electron chi connectivity index (χ4n) is 1.88. The summed E-state index contributed by atoms with van der Waals surface area (Å²) in [5.41, 5.74) is 4.76. The number of hydrogen-bond acceptors (Lipinski definition) is 4. The first kappa shape index (κ1) is 15.9. The van der Waals surface area contributed by atoms with E-state index >= 15 is 0 Å². The molecule has 0 aliphatic rings. The number of thioether (sulfide) groups is 1. The molecular weight excluding hydrogens is 260 g/mol. The molecule has 0 spiro atoms. The third-order valence-corrected chi connectivity index (χ3v) is 4.35. The highest BCUT2D eigenvalue weighted by Gasteiger charge is 2.31. The van der Waals surface area contributed by atoms with Crippen molar-refractivity contribution in [2.24, 2.45) is 5.73 Å². The minimum Gasteiger partial charge on any atom is -0.496 e. The van der Waals surface area contributed by atoms with E-state index in [-0.39, 0.29) is 11.2 Å². The maximum Gasteiger partial charge on any atom is 0.237 e. The van der Waals surface area contributed by atoms with E-state index in [4.69, 9.17) is 10.5 Å². The molecule has 0 bridgehead atoms. The van der Waals surface area contributed by atoms with Gasteiger partial charge < -0.3 is 15.8 Å². The first-order valence-corrected chi connectivity index (χ1v) is 7.09. The van der Waals surface area contributed by atoms with Gasteiger partial charge in [0.15, 0.2) is 0 Å². The van der Waals surface area contributed by atoms with Crippen LogP contribution in [-0.4, -0.2) is 30.9 Å². The average Bonchev–Trinajstić information content (AvgIpc) is 2.38. The van der Waals surface area contributed by atoms with Crippen LogP contribution in [0.1, 0.15) is 20.3 Å². The summed E-state index contributed by atoms with van der Waals surface area (Å²) >= 11 is 1.68. The molecule has 0 radical (unpaired) electrons. The lowest BCUT2D eigenvalue weighted by Gasteiger charge is -2.28. The van der Waals surface area contributed by atoms with E-state index in [1.165, 1.54) is 0 Å². The summed E-state index contributed by atoms with van der Waals surface area (Å²) in [7, 11) is 3.41. The van der Waals surface area contributed by atoms with E-state index < -0.39 is 5.54 Å². The number of para-hydroxylation sites is 1. The molecule has 1 amide bonds. The average molecular weight is 282 g/mol. The zero-order valence-corrected chi connectivity index (χ0v) is 12.7. The SMILES string of the molecule is CNC(C)(CC(C)Sc1ccccc1OC)C(N)=O. The van der Waals surface area contributed by atoms with Crippen molar-refractivity contribution in [3.63, 3.8) is 0 Å². The Morgan fingerprint density at radius 2 is 2.16 bits per heavy atom. The number of rotatable bonds is 7. The van der Waals surface area contributed by atoms with Crippen molar-refractivity contribution in [2.75, 3.05) is 14.2 Å². The van der Waals surface area contributed by atoms with E-state index in [9.17, 15) is 4.79 Å². The summed E-state index contributed by atoms with van der Waals surface area (Å²) in [5, 5.41) is 3.24. The van der Waals surface area contributed by atoms with Crippen LogP contribution in [0.3, 0.4) is 0 Å². The Kier molecular flexibility index (Phi) is 5.69. The van der Waals surface area contributed by atoms with Crippen LogP contribution in [0.25, 0.3) is 0 Å². The van der Waals surface area contributed by atoms with Crippen LogP contribution in [0, 0.1) is 0 Å². The Hall–Kier alpha value is -1.20. The summed E-state index contributed by atoms with van der Waals surface area (Å²) in [6.07, 6.45) is 0.654. The lowest BCUT2D eigenvalue weighted by molar-refractivity contribution is -0.123. The molecule has 0 aromatic heterocycles. The number of ether oxygens (including phenoxy) is 1. The Labute approximate surface area is 119 Å². The Morgan fingerprint density at radius 3 is 2.68 bits per heavy atom. The third kappa shape index (κ3) is 4.14. The van der Waals surface area contributed by atoms with Crippen molar-refractivity contribution in [2.45, 2.75) is 36.0 Å². The summed E-state index contributed by atoms with van der Waals surface area (Å²) < 4.78 is 5.32. The highest BCUT2D eigenvalue weighted by Crippen LogP contribution is 2.34. The van der Waals surface area contributed by atoms with Crippen LogP contribution in [0.4, 0.5) is 0 Å². The van der Waals surface area contributed by atoms with E-state index in [0.29, 0.717) is 6.42 Å². The molecule has 2 unspecified atom stereocenters. The molecule has 0 heterocycles. The van der Waals surface area contributed by atoms with Crippen molar-refractivity contribution in [3.05, 3.63) is 24.3 Å². The molecule has 106 valence electrons. The van der Waals surface area contributed by atoms with Crippen LogP contribution in [0.2, 0.25) is 0 Å². The fraction of sp³-hybridized carbons (Fsp3) is 0.500. The van der Waals surface area contributed by atoms with Crippen LogP contribution >= 0.6 is 11.8 Å². The van der Waals surface area contributed by atoms with Crippen molar-refractivity contribution in [3.8, 4) is 5.75 Å². The minimum absolute atomic E-state index is 0.237. The lowest BCUT2D eigenvalue weighted by atomic mass is 9.95. The predicted molar refractivity (Wildman–Crippen MR) is 79.6 cm³/mol. The normalized spacial score (nSPS) is 15.6. The highest BCUT2D eigenvalue weighted by atomic mass is 32.2. The van der Waals surface area contributed by atoms with Gasteiger partial charge in [0.05, 0.1) is 12.6 Å². The van der Waals surface area contributed by atoms with Gasteiger partial charge in [-0.2, -0.15) is 0 Å². The fourth-order valence-corrected chi connectivity index (χ4v) is 3.15. The second kappa shape index (κ2) is 6.82. The van der Waals surface area contributed by atoms with E-state index in [1.54, 1.807) is 25.9 Å². The molecule has 0 fully saturated rings. The highest BCUT2D eigenvalue weighted by molar-refractivity contribution is 8.00. The van der Waals surface area contributed by atoms with Gasteiger partial charge >= 0.3 is 0 Å². The summed E-state index contributed by atoms with van der Waals surface area (Å²) in [4.78, 5) is 12.6. The quantitative estimate of drug-likeness (QED) is 0.751. The number of methoxy groups -OCH3 is 1. The number of primary amides is 1. The van der Waals surface area contributed by atoms with Crippen LogP contribution in [0.5, 0.6) is 5.75 Å². The van der Waals surface area contributed by atoms with Gasteiger partial charge in [-0.3, -0.25) is 4.79 Å². The lowest BCUT2D eigenvalue weighted by Crippen LogP contribution is -2.52. The molecule has 2 atom stereocenters. The van der Waals surface area contributed by atoms with Gasteiger partial charge in [-0.1, -0.05) is 19.1 Å². The molecule has 1 rings (SSSR count). The smallest absolute Gasteiger partial charge is 0.237 e. The van der Waals surface area contributed by atoms with Gasteiger partial charge in [0.2, 0.25) is 5.91 Å². The minimum atomic E-state index is -0.686. The first-order chi connectivity index (χ1) is 8.92. The first-order valence-electron chi connectivity index (χ1n) is 6.21. The summed E-state index contributed by atoms with van der Waals surface area (Å²) in [5.74, 6) is 0.520. The maximum atomic E-state index is 11.5. The van der Waals surface area contributed by atoms with Gasteiger partial charge in [0.1, 0.15) is 5.75 Å². The van der Waals surface area contributed by atoms with Gasteiger partial charge in [-0.15, -0.1) is 11.8 Å². The molecule has 0 aliphatic carbocycles. The summed E-state index contributed by atoms with van der Waals surface area (Å²) in [6, 6.07) is 7.86. The molecule has 0 saturated carbocycles. The second-order valence-corrected chi connectivity index (χ2v) is 6.21. The van der Waals surface area contributed by atoms with Gasteiger partial charge in [-0.05, 0) is 32.5 Å². The van der Waals surface area contributed by atoms with Gasteiger partial charge in [0, 0.05) is 10.1 Å². The molecule has 0 aliphatic heterocycles. The predicted octanol–water partition coefficient (Wildman–Crippen LogP) is 2.03. The van der Waals surface area contributed by atoms with E-state index in [0.717, 1.165) is 10.6 Å². The Balaban J connectivity index is 2.74. The second-order valence-electron chi connectivity index (χ2n) is 4.73.